The van der Waals surface area contributed by atoms with Crippen LogP contribution in [0.1, 0.15) is 20.0 Å². The molecule has 0 aliphatic rings. The number of methoxy groups -OCH3 is 1. The molecule has 4 rings (SSSR count). The number of pyridine rings is 2. The molecule has 4 aromatic rings. The van der Waals surface area contributed by atoms with Crippen molar-refractivity contribution in [1.29, 1.82) is 0 Å². The zero-order chi connectivity index (χ0) is 23.8. The Bertz CT molecular complexity index is 1330. The lowest BCUT2D eigenvalue weighted by Gasteiger charge is -2.15. The second kappa shape index (κ2) is 7.74. The largest absolute Gasteiger partial charge is 0.492 e. The molecule has 0 fully saturated rings. The third-order valence-corrected chi connectivity index (χ3v) is 4.50. The maximum Gasteiger partial charge on any atom is 0.254 e. The highest BCUT2D eigenvalue weighted by molar-refractivity contribution is 6.00. The average molecular weight is 409 g/mol. The van der Waals surface area contributed by atoms with Crippen LogP contribution in [0.15, 0.2) is 42.9 Å². The minimum Gasteiger partial charge on any atom is -0.492 e. The minimum absolute atomic E-state index is 0.0462. The van der Waals surface area contributed by atoms with Crippen molar-refractivity contribution in [2.24, 2.45) is 7.05 Å². The van der Waals surface area contributed by atoms with Crippen molar-refractivity contribution < 1.29 is 13.6 Å². The van der Waals surface area contributed by atoms with Gasteiger partial charge in [0, 0.05) is 36.6 Å². The van der Waals surface area contributed by atoms with E-state index >= 15 is 0 Å². The summed E-state index contributed by atoms with van der Waals surface area (Å²) >= 11 is 0. The Balaban J connectivity index is 1.76. The van der Waals surface area contributed by atoms with Gasteiger partial charge in [-0.15, -0.1) is 0 Å². The molecule has 3 N–H and O–H groups in total. The number of carbonyl (C=O) groups is 1. The number of nitrogens with one attached hydrogen (secondary N) is 3. The molecule has 1 amide bonds. The van der Waals surface area contributed by atoms with Gasteiger partial charge in [-0.2, -0.15) is 10.2 Å². The van der Waals surface area contributed by atoms with Crippen molar-refractivity contribution >= 4 is 34.6 Å². The highest BCUT2D eigenvalue weighted by Crippen LogP contribution is 2.34. The van der Waals surface area contributed by atoms with Gasteiger partial charge in [0.1, 0.15) is 17.2 Å². The highest BCUT2D eigenvalue weighted by Gasteiger charge is 2.17. The topological polar surface area (TPSA) is 110 Å². The van der Waals surface area contributed by atoms with Crippen LogP contribution in [0.3, 0.4) is 0 Å². The molecule has 4 heterocycles. The fourth-order valence-corrected chi connectivity index (χ4v) is 3.11. The van der Waals surface area contributed by atoms with Gasteiger partial charge in [-0.25, -0.2) is 9.50 Å². The lowest BCUT2D eigenvalue weighted by molar-refractivity contribution is 0.0963. The second-order valence-electron chi connectivity index (χ2n) is 6.55. The smallest absolute Gasteiger partial charge is 0.254 e. The molecule has 0 spiro atoms. The Morgan fingerprint density at radius 3 is 2.77 bits per heavy atom. The number of fused-ring (bicyclic) bond motifs is 1. The quantitative estimate of drug-likeness (QED) is 0.449. The maximum atomic E-state index is 12.7. The summed E-state index contributed by atoms with van der Waals surface area (Å²) in [6, 6.07) is 6.54. The molecule has 0 unspecified atom stereocenters. The summed E-state index contributed by atoms with van der Waals surface area (Å²) < 4.78 is 31.0. The van der Waals surface area contributed by atoms with Crippen LogP contribution in [0, 0.1) is 6.92 Å². The van der Waals surface area contributed by atoms with E-state index in [-0.39, 0.29) is 11.4 Å². The number of carbonyl (C=O) groups excluding carboxylic acids is 1. The number of rotatable bonds is 6. The Labute approximate surface area is 177 Å². The third-order valence-electron chi connectivity index (χ3n) is 4.50. The van der Waals surface area contributed by atoms with Gasteiger partial charge in [0.05, 0.1) is 24.6 Å². The average Bonchev–Trinajstić information content (AvgIpc) is 3.32. The fourth-order valence-electron chi connectivity index (χ4n) is 3.11. The number of ether oxygens (including phenoxy) is 1. The zero-order valence-electron chi connectivity index (χ0n) is 19.6. The molecule has 154 valence electrons. The van der Waals surface area contributed by atoms with Crippen molar-refractivity contribution in [3.63, 3.8) is 0 Å². The lowest BCUT2D eigenvalue weighted by Crippen LogP contribution is -2.20. The van der Waals surface area contributed by atoms with Crippen molar-refractivity contribution in [3.05, 3.63) is 54.0 Å². The molecule has 0 saturated heterocycles. The molecular formula is C20H22N8O2. The Hall–Kier alpha value is -4.08. The van der Waals surface area contributed by atoms with Crippen LogP contribution in [0.4, 0.5) is 23.1 Å². The van der Waals surface area contributed by atoms with Gasteiger partial charge in [-0.05, 0) is 30.7 Å². The van der Waals surface area contributed by atoms with Crippen LogP contribution >= 0.6 is 0 Å². The van der Waals surface area contributed by atoms with E-state index in [1.807, 2.05) is 12.2 Å². The van der Waals surface area contributed by atoms with Gasteiger partial charge in [-0.3, -0.25) is 9.48 Å². The number of hydrogen-bond donors (Lipinski definition) is 3. The van der Waals surface area contributed by atoms with E-state index in [2.05, 4.69) is 25.8 Å². The van der Waals surface area contributed by atoms with Crippen molar-refractivity contribution in [3.8, 4) is 5.75 Å². The van der Waals surface area contributed by atoms with E-state index in [1.165, 1.54) is 13.2 Å². The van der Waals surface area contributed by atoms with Crippen molar-refractivity contribution in [1.82, 2.24) is 29.7 Å². The van der Waals surface area contributed by atoms with Crippen LogP contribution in [0.25, 0.3) is 5.52 Å². The van der Waals surface area contributed by atoms with Crippen molar-refractivity contribution in [2.45, 2.75) is 6.92 Å². The summed E-state index contributed by atoms with van der Waals surface area (Å²) in [5.41, 5.74) is 2.22. The first kappa shape index (κ1) is 15.8. The zero-order valence-corrected chi connectivity index (χ0v) is 16.6. The number of amides is 1. The molecule has 0 saturated carbocycles. The van der Waals surface area contributed by atoms with Crippen LogP contribution < -0.4 is 20.7 Å². The monoisotopic (exact) mass is 409 g/mol. The number of aryl methyl sites for hydroxylation is 2. The van der Waals surface area contributed by atoms with E-state index in [0.717, 1.165) is 11.1 Å². The van der Waals surface area contributed by atoms with Crippen LogP contribution in [-0.2, 0) is 7.05 Å². The molecule has 0 aliphatic carbocycles. The molecule has 0 aliphatic heterocycles. The fraction of sp³-hybridized carbons (Fsp3) is 0.200. The SMILES string of the molecule is [2H]C([2H])([2H])NC(=O)c1ccc(Nc2ccn(C)n2)nc1Nc1ccn2ncc(C)c2c1OC. The summed E-state index contributed by atoms with van der Waals surface area (Å²) in [7, 11) is 3.32. The summed E-state index contributed by atoms with van der Waals surface area (Å²) in [6.45, 7) is -0.746. The minimum atomic E-state index is -2.65. The standard InChI is InChI=1S/C20H22N8O2/c1-12-11-22-28-10-7-14(18(30-4)17(12)28)23-19-13(20(29)21-2)5-6-15(25-19)24-16-8-9-27(3)26-16/h5-11H,1-4H3,(H,21,29)(H2,23,24,25,26)/i2D3. The summed E-state index contributed by atoms with van der Waals surface area (Å²) in [5, 5.41) is 16.7. The van der Waals surface area contributed by atoms with E-state index in [0.29, 0.717) is 23.1 Å². The first-order valence-electron chi connectivity index (χ1n) is 10.5. The predicted octanol–water partition coefficient (Wildman–Crippen LogP) is 2.63. The van der Waals surface area contributed by atoms with E-state index in [1.54, 1.807) is 53.0 Å². The van der Waals surface area contributed by atoms with E-state index in [4.69, 9.17) is 8.85 Å². The normalized spacial score (nSPS) is 12.7. The molecule has 0 radical (unpaired) electrons. The van der Waals surface area contributed by atoms with Gasteiger partial charge in [0.15, 0.2) is 11.6 Å². The van der Waals surface area contributed by atoms with Crippen LogP contribution in [0.5, 0.6) is 5.75 Å². The molecule has 0 bridgehead atoms. The van der Waals surface area contributed by atoms with Gasteiger partial charge in [0.25, 0.3) is 5.91 Å². The summed E-state index contributed by atoms with van der Waals surface area (Å²) in [6.07, 6.45) is 5.23. The van der Waals surface area contributed by atoms with Gasteiger partial charge < -0.3 is 20.7 Å². The number of hydrogen-bond acceptors (Lipinski definition) is 7. The molecular weight excluding hydrogens is 384 g/mol. The molecule has 30 heavy (non-hydrogen) atoms. The van der Waals surface area contributed by atoms with Crippen LogP contribution in [0.2, 0.25) is 0 Å². The Kier molecular flexibility index (Phi) is 4.08. The molecule has 4 aromatic heterocycles. The number of nitrogens with zero attached hydrogens (tertiary/aromatic N) is 5. The second-order valence-corrected chi connectivity index (χ2v) is 6.55. The summed E-state index contributed by atoms with van der Waals surface area (Å²) in [4.78, 5) is 17.2. The maximum absolute atomic E-state index is 12.7. The number of anilines is 4. The van der Waals surface area contributed by atoms with E-state index < -0.39 is 12.9 Å². The first-order chi connectivity index (χ1) is 15.6. The number of aromatic nitrogens is 5. The molecule has 10 heteroatoms. The predicted molar refractivity (Wildman–Crippen MR) is 114 cm³/mol. The lowest BCUT2D eigenvalue weighted by atomic mass is 10.2. The molecule has 0 aromatic carbocycles. The van der Waals surface area contributed by atoms with Gasteiger partial charge in [0.2, 0.25) is 0 Å². The Morgan fingerprint density at radius 2 is 2.03 bits per heavy atom. The molecule has 10 nitrogen and oxygen atoms in total. The van der Waals surface area contributed by atoms with Crippen LogP contribution in [-0.4, -0.2) is 44.4 Å². The summed E-state index contributed by atoms with van der Waals surface area (Å²) in [5.74, 6) is 0.804. The first-order valence-corrected chi connectivity index (χ1v) is 9.03. The highest BCUT2D eigenvalue weighted by atomic mass is 16.5. The van der Waals surface area contributed by atoms with E-state index in [9.17, 15) is 4.79 Å². The van der Waals surface area contributed by atoms with Crippen molar-refractivity contribution in [2.75, 3.05) is 24.7 Å². The molecule has 0 atom stereocenters. The van der Waals surface area contributed by atoms with Gasteiger partial charge in [-0.1, -0.05) is 0 Å². The Morgan fingerprint density at radius 1 is 1.17 bits per heavy atom. The third kappa shape index (κ3) is 3.50. The van der Waals surface area contributed by atoms with Gasteiger partial charge >= 0.3 is 0 Å².